The number of carbonyl (C=O) groups excluding carboxylic acids is 1. The summed E-state index contributed by atoms with van der Waals surface area (Å²) in [4.78, 5) is 12.1. The van der Waals surface area contributed by atoms with E-state index in [-0.39, 0.29) is 11.9 Å². The average Bonchev–Trinajstić information content (AvgIpc) is 2.45. The van der Waals surface area contributed by atoms with Gasteiger partial charge in [0, 0.05) is 12.1 Å². The first-order valence-corrected chi connectivity index (χ1v) is 6.83. The van der Waals surface area contributed by atoms with Crippen LogP contribution in [0.3, 0.4) is 0 Å². The highest BCUT2D eigenvalue weighted by molar-refractivity contribution is 5.81. The lowest BCUT2D eigenvalue weighted by atomic mass is 9.94. The standard InChI is InChI=1S/C15H22N2O2/c1-11-7-8-16-13(9-11)15(18)17-10-12-5-3-4-6-14(12)19-2/h3-6,11,13,16H,7-10H2,1-2H3,(H,17,18). The Morgan fingerprint density at radius 2 is 2.26 bits per heavy atom. The molecule has 1 saturated heterocycles. The molecule has 0 spiro atoms. The van der Waals surface area contributed by atoms with E-state index in [2.05, 4.69) is 17.6 Å². The number of benzene rings is 1. The highest BCUT2D eigenvalue weighted by atomic mass is 16.5. The summed E-state index contributed by atoms with van der Waals surface area (Å²) in [5, 5.41) is 6.25. The second-order valence-corrected chi connectivity index (χ2v) is 5.17. The van der Waals surface area contributed by atoms with Gasteiger partial charge >= 0.3 is 0 Å². The number of para-hydroxylation sites is 1. The van der Waals surface area contributed by atoms with Crippen LogP contribution in [0.5, 0.6) is 5.75 Å². The number of amides is 1. The molecule has 0 saturated carbocycles. The SMILES string of the molecule is COc1ccccc1CNC(=O)C1CC(C)CCN1. The van der Waals surface area contributed by atoms with Crippen LogP contribution >= 0.6 is 0 Å². The van der Waals surface area contributed by atoms with E-state index in [0.29, 0.717) is 12.5 Å². The van der Waals surface area contributed by atoms with Crippen molar-refractivity contribution in [3.63, 3.8) is 0 Å². The van der Waals surface area contributed by atoms with E-state index in [9.17, 15) is 4.79 Å². The third-order valence-corrected chi connectivity index (χ3v) is 3.63. The molecule has 1 aliphatic rings. The fraction of sp³-hybridized carbons (Fsp3) is 0.533. The number of nitrogens with one attached hydrogen (secondary N) is 2. The maximum atomic E-state index is 12.1. The number of piperidine rings is 1. The lowest BCUT2D eigenvalue weighted by molar-refractivity contribution is -0.124. The first-order chi connectivity index (χ1) is 9.20. The zero-order valence-corrected chi connectivity index (χ0v) is 11.6. The molecule has 2 atom stereocenters. The number of hydrogen-bond acceptors (Lipinski definition) is 3. The van der Waals surface area contributed by atoms with E-state index in [1.54, 1.807) is 7.11 Å². The normalized spacial score (nSPS) is 22.8. The molecule has 1 aliphatic heterocycles. The second-order valence-electron chi connectivity index (χ2n) is 5.17. The third-order valence-electron chi connectivity index (χ3n) is 3.63. The molecule has 0 aromatic heterocycles. The molecule has 1 aromatic rings. The Balaban J connectivity index is 1.89. The molecule has 0 radical (unpaired) electrons. The number of carbonyl (C=O) groups is 1. The molecule has 1 fully saturated rings. The van der Waals surface area contributed by atoms with Crippen LogP contribution in [0.2, 0.25) is 0 Å². The van der Waals surface area contributed by atoms with Gasteiger partial charge in [-0.25, -0.2) is 0 Å². The zero-order chi connectivity index (χ0) is 13.7. The van der Waals surface area contributed by atoms with Crippen molar-refractivity contribution < 1.29 is 9.53 Å². The van der Waals surface area contributed by atoms with Crippen LogP contribution in [-0.2, 0) is 11.3 Å². The van der Waals surface area contributed by atoms with Gasteiger partial charge in [0.15, 0.2) is 0 Å². The van der Waals surface area contributed by atoms with E-state index in [1.165, 1.54) is 0 Å². The molecule has 1 aromatic carbocycles. The van der Waals surface area contributed by atoms with E-state index < -0.39 is 0 Å². The zero-order valence-electron chi connectivity index (χ0n) is 11.6. The fourth-order valence-corrected chi connectivity index (χ4v) is 2.46. The maximum absolute atomic E-state index is 12.1. The lowest BCUT2D eigenvalue weighted by Crippen LogP contribution is -2.48. The first kappa shape index (κ1) is 13.9. The summed E-state index contributed by atoms with van der Waals surface area (Å²) in [6, 6.07) is 7.69. The van der Waals surface area contributed by atoms with Gasteiger partial charge in [0.05, 0.1) is 13.2 Å². The van der Waals surface area contributed by atoms with Crippen molar-refractivity contribution in [1.29, 1.82) is 0 Å². The van der Waals surface area contributed by atoms with Crippen molar-refractivity contribution in [2.24, 2.45) is 5.92 Å². The predicted octanol–water partition coefficient (Wildman–Crippen LogP) is 1.70. The molecule has 2 N–H and O–H groups in total. The molecule has 4 nitrogen and oxygen atoms in total. The smallest absolute Gasteiger partial charge is 0.237 e. The molecular formula is C15H22N2O2. The van der Waals surface area contributed by atoms with E-state index in [4.69, 9.17) is 4.74 Å². The minimum absolute atomic E-state index is 0.0570. The van der Waals surface area contributed by atoms with Gasteiger partial charge in [0.1, 0.15) is 5.75 Å². The number of hydrogen-bond donors (Lipinski definition) is 2. The summed E-state index contributed by atoms with van der Waals surface area (Å²) in [7, 11) is 1.64. The Hall–Kier alpha value is -1.55. The van der Waals surface area contributed by atoms with Gasteiger partial charge in [-0.15, -0.1) is 0 Å². The summed E-state index contributed by atoms with van der Waals surface area (Å²) in [6.07, 6.45) is 2.06. The van der Waals surface area contributed by atoms with Gasteiger partial charge < -0.3 is 15.4 Å². The summed E-state index contributed by atoms with van der Waals surface area (Å²) in [5.41, 5.74) is 1.00. The second kappa shape index (κ2) is 6.57. The predicted molar refractivity (Wildman–Crippen MR) is 75.0 cm³/mol. The molecule has 2 rings (SSSR count). The van der Waals surface area contributed by atoms with Crippen LogP contribution in [-0.4, -0.2) is 25.6 Å². The molecule has 0 aliphatic carbocycles. The molecule has 2 unspecified atom stereocenters. The van der Waals surface area contributed by atoms with Crippen LogP contribution < -0.4 is 15.4 Å². The Kier molecular flexibility index (Phi) is 4.80. The van der Waals surface area contributed by atoms with E-state index >= 15 is 0 Å². The van der Waals surface area contributed by atoms with Gasteiger partial charge in [-0.3, -0.25) is 4.79 Å². The molecule has 0 bridgehead atoms. The summed E-state index contributed by atoms with van der Waals surface area (Å²) in [5.74, 6) is 1.51. The van der Waals surface area contributed by atoms with Crippen LogP contribution in [0.15, 0.2) is 24.3 Å². The van der Waals surface area contributed by atoms with Gasteiger partial charge in [0.2, 0.25) is 5.91 Å². The number of methoxy groups -OCH3 is 1. The van der Waals surface area contributed by atoms with Crippen molar-refractivity contribution in [3.05, 3.63) is 29.8 Å². The van der Waals surface area contributed by atoms with Crippen LogP contribution in [0.4, 0.5) is 0 Å². The fourth-order valence-electron chi connectivity index (χ4n) is 2.46. The highest BCUT2D eigenvalue weighted by Gasteiger charge is 2.24. The Bertz CT molecular complexity index is 434. The molecular weight excluding hydrogens is 240 g/mol. The molecule has 4 heteroatoms. The Labute approximate surface area is 114 Å². The minimum Gasteiger partial charge on any atom is -0.496 e. The summed E-state index contributed by atoms with van der Waals surface area (Å²) < 4.78 is 5.27. The van der Waals surface area contributed by atoms with Gasteiger partial charge in [-0.1, -0.05) is 25.1 Å². The Morgan fingerprint density at radius 3 is 3.00 bits per heavy atom. The average molecular weight is 262 g/mol. The van der Waals surface area contributed by atoms with Gasteiger partial charge in [-0.05, 0) is 31.4 Å². The first-order valence-electron chi connectivity index (χ1n) is 6.83. The topological polar surface area (TPSA) is 50.4 Å². The molecule has 104 valence electrons. The summed E-state index contributed by atoms with van der Waals surface area (Å²) >= 11 is 0. The van der Waals surface area contributed by atoms with Crippen molar-refractivity contribution in [1.82, 2.24) is 10.6 Å². The number of ether oxygens (including phenoxy) is 1. The molecule has 1 amide bonds. The molecule has 1 heterocycles. The molecule has 19 heavy (non-hydrogen) atoms. The van der Waals surface area contributed by atoms with Crippen molar-refractivity contribution in [2.75, 3.05) is 13.7 Å². The quantitative estimate of drug-likeness (QED) is 0.868. The van der Waals surface area contributed by atoms with Crippen LogP contribution in [0.1, 0.15) is 25.3 Å². The highest BCUT2D eigenvalue weighted by Crippen LogP contribution is 2.18. The number of rotatable bonds is 4. The largest absolute Gasteiger partial charge is 0.496 e. The van der Waals surface area contributed by atoms with E-state index in [1.807, 2.05) is 24.3 Å². The van der Waals surface area contributed by atoms with Crippen molar-refractivity contribution in [2.45, 2.75) is 32.4 Å². The third kappa shape index (κ3) is 3.70. The van der Waals surface area contributed by atoms with Crippen molar-refractivity contribution >= 4 is 5.91 Å². The van der Waals surface area contributed by atoms with Gasteiger partial charge in [-0.2, -0.15) is 0 Å². The van der Waals surface area contributed by atoms with Crippen LogP contribution in [0.25, 0.3) is 0 Å². The monoisotopic (exact) mass is 262 g/mol. The van der Waals surface area contributed by atoms with Crippen LogP contribution in [0, 0.1) is 5.92 Å². The lowest BCUT2D eigenvalue weighted by Gasteiger charge is -2.27. The van der Waals surface area contributed by atoms with Crippen molar-refractivity contribution in [3.8, 4) is 5.75 Å². The van der Waals surface area contributed by atoms with Gasteiger partial charge in [0.25, 0.3) is 0 Å². The summed E-state index contributed by atoms with van der Waals surface area (Å²) in [6.45, 7) is 3.63. The van der Waals surface area contributed by atoms with E-state index in [0.717, 1.165) is 30.7 Å². The minimum atomic E-state index is -0.0570. The maximum Gasteiger partial charge on any atom is 0.237 e. The Morgan fingerprint density at radius 1 is 1.47 bits per heavy atom.